The molecule has 0 saturated carbocycles. The van der Waals surface area contributed by atoms with E-state index in [-0.39, 0.29) is 30.4 Å². The molecule has 0 aliphatic heterocycles. The van der Waals surface area contributed by atoms with Crippen molar-refractivity contribution in [1.82, 2.24) is 10.6 Å². The average molecular weight is 273 g/mol. The largest absolute Gasteiger partial charge is 0.352 e. The number of hydrogen-bond acceptors (Lipinski definition) is 5. The number of rotatable bonds is 6. The monoisotopic (exact) mass is 273 g/mol. The Kier molecular flexibility index (Phi) is 6.62. The van der Waals surface area contributed by atoms with Gasteiger partial charge in [0, 0.05) is 17.5 Å². The minimum atomic E-state index is -0.474. The van der Waals surface area contributed by atoms with E-state index in [9.17, 15) is 9.59 Å². The van der Waals surface area contributed by atoms with Crippen molar-refractivity contribution in [3.8, 4) is 0 Å². The van der Waals surface area contributed by atoms with E-state index >= 15 is 0 Å². The lowest BCUT2D eigenvalue weighted by Gasteiger charge is -2.31. The first-order chi connectivity index (χ1) is 8.47. The highest BCUT2D eigenvalue weighted by atomic mass is 16.6. The maximum Gasteiger partial charge on any atom is 0.248 e. The summed E-state index contributed by atoms with van der Waals surface area (Å²) in [6, 6.07) is -0.443. The quantitative estimate of drug-likeness (QED) is 0.608. The van der Waals surface area contributed by atoms with E-state index in [0.29, 0.717) is 0 Å². The van der Waals surface area contributed by atoms with Crippen LogP contribution in [-0.2, 0) is 14.4 Å². The van der Waals surface area contributed by atoms with Crippen molar-refractivity contribution in [2.75, 3.05) is 13.2 Å². The van der Waals surface area contributed by atoms with Crippen molar-refractivity contribution in [1.29, 1.82) is 0 Å². The standard InChI is InChI=1S/C13H27N3O3/c1-12(2,3)11(18)9(16-13(4,5)6)7-15-10(17)8-19-14/h9,16H,7-8,14H2,1-6H3,(H,15,17). The third kappa shape index (κ3) is 7.92. The lowest BCUT2D eigenvalue weighted by Crippen LogP contribution is -2.55. The van der Waals surface area contributed by atoms with Gasteiger partial charge < -0.3 is 10.6 Å². The number of nitrogens with one attached hydrogen (secondary N) is 2. The zero-order chi connectivity index (χ0) is 15.3. The molecule has 6 heteroatoms. The summed E-state index contributed by atoms with van der Waals surface area (Å²) in [5.74, 6) is 4.53. The minimum Gasteiger partial charge on any atom is -0.352 e. The van der Waals surface area contributed by atoms with E-state index in [0.717, 1.165) is 0 Å². The highest BCUT2D eigenvalue weighted by molar-refractivity contribution is 5.89. The summed E-state index contributed by atoms with van der Waals surface area (Å²) in [4.78, 5) is 27.9. The second kappa shape index (κ2) is 6.98. The summed E-state index contributed by atoms with van der Waals surface area (Å²) < 4.78 is 0. The van der Waals surface area contributed by atoms with Gasteiger partial charge in [-0.25, -0.2) is 5.90 Å². The molecule has 1 atom stereocenters. The first-order valence-electron chi connectivity index (χ1n) is 6.38. The van der Waals surface area contributed by atoms with Crippen LogP contribution in [0.15, 0.2) is 0 Å². The molecule has 1 unspecified atom stereocenters. The molecule has 0 spiro atoms. The fourth-order valence-electron chi connectivity index (χ4n) is 1.60. The molecule has 0 aromatic heterocycles. The van der Waals surface area contributed by atoms with Crippen molar-refractivity contribution in [2.24, 2.45) is 11.3 Å². The third-order valence-corrected chi connectivity index (χ3v) is 2.38. The average Bonchev–Trinajstić information content (AvgIpc) is 2.20. The Morgan fingerprint density at radius 3 is 2.05 bits per heavy atom. The number of nitrogens with two attached hydrogens (primary N) is 1. The first-order valence-corrected chi connectivity index (χ1v) is 6.38. The summed E-state index contributed by atoms with van der Waals surface area (Å²) in [6.45, 7) is 11.5. The van der Waals surface area contributed by atoms with Gasteiger partial charge in [0.2, 0.25) is 5.91 Å². The minimum absolute atomic E-state index is 0.0522. The molecule has 0 aliphatic carbocycles. The number of carbonyl (C=O) groups excluding carboxylic acids is 2. The summed E-state index contributed by atoms with van der Waals surface area (Å²) in [7, 11) is 0. The molecule has 0 bridgehead atoms. The smallest absolute Gasteiger partial charge is 0.248 e. The number of ketones is 1. The van der Waals surface area contributed by atoms with Crippen LogP contribution in [-0.4, -0.2) is 36.4 Å². The normalized spacial score (nSPS) is 14.1. The van der Waals surface area contributed by atoms with Gasteiger partial charge in [0.1, 0.15) is 6.61 Å². The highest BCUT2D eigenvalue weighted by Crippen LogP contribution is 2.18. The Balaban J connectivity index is 4.70. The van der Waals surface area contributed by atoms with Crippen molar-refractivity contribution < 1.29 is 14.4 Å². The van der Waals surface area contributed by atoms with Crippen molar-refractivity contribution in [3.63, 3.8) is 0 Å². The lowest BCUT2D eigenvalue weighted by atomic mass is 9.85. The van der Waals surface area contributed by atoms with E-state index in [2.05, 4.69) is 15.5 Å². The van der Waals surface area contributed by atoms with Crippen molar-refractivity contribution in [3.05, 3.63) is 0 Å². The number of amides is 1. The molecule has 19 heavy (non-hydrogen) atoms. The molecule has 0 saturated heterocycles. The molecule has 4 N–H and O–H groups in total. The Bertz CT molecular complexity index is 316. The van der Waals surface area contributed by atoms with Gasteiger partial charge in [0.05, 0.1) is 6.04 Å². The van der Waals surface area contributed by atoms with Gasteiger partial charge in [-0.05, 0) is 20.8 Å². The molecule has 1 amide bonds. The van der Waals surface area contributed by atoms with Crippen LogP contribution < -0.4 is 16.5 Å². The first kappa shape index (κ1) is 18.0. The second-order valence-corrected chi connectivity index (χ2v) is 6.68. The third-order valence-electron chi connectivity index (χ3n) is 2.38. The molecule has 0 aromatic rings. The molecule has 0 heterocycles. The Morgan fingerprint density at radius 2 is 1.68 bits per heavy atom. The molecular weight excluding hydrogens is 246 g/mol. The van der Waals surface area contributed by atoms with Gasteiger partial charge in [-0.1, -0.05) is 20.8 Å². The van der Waals surface area contributed by atoms with Gasteiger partial charge in [0.25, 0.3) is 0 Å². The van der Waals surface area contributed by atoms with Gasteiger partial charge in [-0.2, -0.15) is 0 Å². The molecule has 6 nitrogen and oxygen atoms in total. The Hall–Kier alpha value is -0.980. The fourth-order valence-corrected chi connectivity index (χ4v) is 1.60. The Morgan fingerprint density at radius 1 is 1.16 bits per heavy atom. The van der Waals surface area contributed by atoms with Crippen LogP contribution in [0.4, 0.5) is 0 Å². The topological polar surface area (TPSA) is 93.4 Å². The van der Waals surface area contributed by atoms with E-state index in [4.69, 9.17) is 5.90 Å². The van der Waals surface area contributed by atoms with Gasteiger partial charge in [-0.3, -0.25) is 14.4 Å². The predicted molar refractivity (Wildman–Crippen MR) is 74.3 cm³/mol. The fraction of sp³-hybridized carbons (Fsp3) is 0.846. The van der Waals surface area contributed by atoms with Crippen molar-refractivity contribution >= 4 is 11.7 Å². The number of Topliss-reactive ketones (excluding diaryl/α,β-unsaturated/α-hetero) is 1. The van der Waals surface area contributed by atoms with E-state index in [1.807, 2.05) is 41.5 Å². The van der Waals surface area contributed by atoms with E-state index in [1.165, 1.54) is 0 Å². The van der Waals surface area contributed by atoms with Gasteiger partial charge in [-0.15, -0.1) is 0 Å². The molecule has 112 valence electrons. The summed E-state index contributed by atoms with van der Waals surface area (Å²) in [5.41, 5.74) is -0.696. The van der Waals surface area contributed by atoms with Gasteiger partial charge >= 0.3 is 0 Å². The number of carbonyl (C=O) groups is 2. The lowest BCUT2D eigenvalue weighted by molar-refractivity contribution is -0.129. The van der Waals surface area contributed by atoms with Crippen LogP contribution in [0, 0.1) is 5.41 Å². The molecule has 0 aromatic carbocycles. The molecular formula is C13H27N3O3. The van der Waals surface area contributed by atoms with Crippen LogP contribution in [0.3, 0.4) is 0 Å². The van der Waals surface area contributed by atoms with E-state index in [1.54, 1.807) is 0 Å². The molecule has 0 aliphatic rings. The summed E-state index contributed by atoms with van der Waals surface area (Å²) >= 11 is 0. The van der Waals surface area contributed by atoms with E-state index < -0.39 is 11.5 Å². The molecule has 0 radical (unpaired) electrons. The summed E-state index contributed by atoms with van der Waals surface area (Å²) in [5, 5.41) is 5.86. The van der Waals surface area contributed by atoms with Crippen LogP contribution in [0.5, 0.6) is 0 Å². The molecule has 0 fully saturated rings. The van der Waals surface area contributed by atoms with Crippen molar-refractivity contribution in [2.45, 2.75) is 53.1 Å². The zero-order valence-corrected chi connectivity index (χ0v) is 12.8. The van der Waals surface area contributed by atoms with Crippen LogP contribution in [0.1, 0.15) is 41.5 Å². The van der Waals surface area contributed by atoms with Crippen LogP contribution >= 0.6 is 0 Å². The van der Waals surface area contributed by atoms with Crippen LogP contribution in [0.25, 0.3) is 0 Å². The highest BCUT2D eigenvalue weighted by Gasteiger charge is 2.32. The number of hydrogen-bond donors (Lipinski definition) is 3. The van der Waals surface area contributed by atoms with Gasteiger partial charge in [0.15, 0.2) is 5.78 Å². The maximum absolute atomic E-state index is 12.3. The zero-order valence-electron chi connectivity index (χ0n) is 12.8. The maximum atomic E-state index is 12.3. The second-order valence-electron chi connectivity index (χ2n) is 6.68. The predicted octanol–water partition coefficient (Wildman–Crippen LogP) is 0.365. The van der Waals surface area contributed by atoms with Crippen LogP contribution in [0.2, 0.25) is 0 Å². The molecule has 0 rings (SSSR count). The summed E-state index contributed by atoms with van der Waals surface area (Å²) in [6.07, 6.45) is 0. The SMILES string of the molecule is CC(C)(C)NC(CNC(=O)CON)C(=O)C(C)(C)C. The Labute approximate surface area is 115 Å².